The van der Waals surface area contributed by atoms with Crippen LogP contribution < -0.4 is 5.32 Å². The molecule has 5 nitrogen and oxygen atoms in total. The molecular weight excluding hydrogens is 358 g/mol. The topological polar surface area (TPSA) is 65.5 Å². The molecule has 0 bridgehead atoms. The van der Waals surface area contributed by atoms with Crippen LogP contribution in [0.25, 0.3) is 0 Å². The average molecular weight is 386 g/mol. The smallest absolute Gasteiger partial charge is 0.228 e. The predicted octanol–water partition coefficient (Wildman–Crippen LogP) is 4.11. The van der Waals surface area contributed by atoms with Gasteiger partial charge in [0.05, 0.1) is 11.3 Å². The van der Waals surface area contributed by atoms with E-state index in [1.807, 2.05) is 11.0 Å². The standard InChI is InChI=1S/C21H27N3O2S/c25-19(24-12-11-15-7-5-6-8-16(15)14-24)13-18-20(26)23-21(27-18)22-17-9-3-1-2-4-10-17/h5-8,17,26H,1-4,9-14H2,(H,22,23). The molecule has 1 amide bonds. The van der Waals surface area contributed by atoms with Crippen molar-refractivity contribution in [1.82, 2.24) is 9.88 Å². The minimum atomic E-state index is 0.00174. The second-order valence-corrected chi connectivity index (χ2v) is 8.69. The molecule has 0 radical (unpaired) electrons. The molecule has 2 heterocycles. The molecule has 1 aromatic heterocycles. The maximum atomic E-state index is 12.7. The van der Waals surface area contributed by atoms with Crippen LogP contribution in [0, 0.1) is 0 Å². The number of anilines is 1. The predicted molar refractivity (Wildman–Crippen MR) is 108 cm³/mol. The second kappa shape index (κ2) is 8.30. The first-order chi connectivity index (χ1) is 13.2. The SMILES string of the molecule is O=C(Cc1sc(NC2CCCCCC2)nc1O)N1CCc2ccccc2C1. The highest BCUT2D eigenvalue weighted by Gasteiger charge is 2.23. The van der Waals surface area contributed by atoms with Crippen LogP contribution in [0.4, 0.5) is 5.13 Å². The second-order valence-electron chi connectivity index (χ2n) is 7.61. The first-order valence-corrected chi connectivity index (χ1v) is 10.8. The van der Waals surface area contributed by atoms with Crippen molar-refractivity contribution in [3.05, 3.63) is 40.3 Å². The number of thiazole rings is 1. The van der Waals surface area contributed by atoms with Crippen molar-refractivity contribution in [3.8, 4) is 5.88 Å². The minimum Gasteiger partial charge on any atom is -0.492 e. The first-order valence-electron chi connectivity index (χ1n) is 9.99. The Morgan fingerprint density at radius 1 is 1.19 bits per heavy atom. The van der Waals surface area contributed by atoms with E-state index in [9.17, 15) is 9.90 Å². The van der Waals surface area contributed by atoms with Crippen molar-refractivity contribution in [2.24, 2.45) is 0 Å². The van der Waals surface area contributed by atoms with Crippen molar-refractivity contribution in [1.29, 1.82) is 0 Å². The number of carbonyl (C=O) groups is 1. The number of hydrogen-bond acceptors (Lipinski definition) is 5. The zero-order valence-corrected chi connectivity index (χ0v) is 16.4. The van der Waals surface area contributed by atoms with Gasteiger partial charge in [0, 0.05) is 19.1 Å². The lowest BCUT2D eigenvalue weighted by Gasteiger charge is -2.28. The minimum absolute atomic E-state index is 0.00174. The molecule has 144 valence electrons. The molecule has 2 N–H and O–H groups in total. The van der Waals surface area contributed by atoms with Gasteiger partial charge in [0.2, 0.25) is 11.8 Å². The summed E-state index contributed by atoms with van der Waals surface area (Å²) >= 11 is 1.42. The highest BCUT2D eigenvalue weighted by molar-refractivity contribution is 7.16. The third-order valence-electron chi connectivity index (χ3n) is 5.65. The Morgan fingerprint density at radius 2 is 1.93 bits per heavy atom. The van der Waals surface area contributed by atoms with Gasteiger partial charge in [0.25, 0.3) is 0 Å². The van der Waals surface area contributed by atoms with E-state index < -0.39 is 0 Å². The Hall–Kier alpha value is -2.08. The number of nitrogens with one attached hydrogen (secondary N) is 1. The van der Waals surface area contributed by atoms with Gasteiger partial charge < -0.3 is 15.3 Å². The van der Waals surface area contributed by atoms with Crippen LogP contribution in [0.5, 0.6) is 5.88 Å². The number of hydrogen-bond donors (Lipinski definition) is 2. The summed E-state index contributed by atoms with van der Waals surface area (Å²) in [5.41, 5.74) is 2.55. The molecular formula is C21H27N3O2S. The molecule has 1 saturated carbocycles. The van der Waals surface area contributed by atoms with Crippen LogP contribution in [-0.2, 0) is 24.2 Å². The molecule has 0 saturated heterocycles. The Labute approximate surface area is 164 Å². The van der Waals surface area contributed by atoms with E-state index in [4.69, 9.17) is 0 Å². The van der Waals surface area contributed by atoms with Crippen LogP contribution in [0.2, 0.25) is 0 Å². The zero-order valence-electron chi connectivity index (χ0n) is 15.6. The molecule has 1 aromatic carbocycles. The van der Waals surface area contributed by atoms with Crippen molar-refractivity contribution in [2.75, 3.05) is 11.9 Å². The molecule has 2 aliphatic rings. The van der Waals surface area contributed by atoms with Gasteiger partial charge in [-0.25, -0.2) is 0 Å². The van der Waals surface area contributed by atoms with Gasteiger partial charge in [-0.2, -0.15) is 4.98 Å². The molecule has 0 atom stereocenters. The third kappa shape index (κ3) is 4.43. The number of fused-ring (bicyclic) bond motifs is 1. The molecule has 1 fully saturated rings. The summed E-state index contributed by atoms with van der Waals surface area (Å²) < 4.78 is 0. The van der Waals surface area contributed by atoms with Gasteiger partial charge in [-0.3, -0.25) is 4.79 Å². The fourth-order valence-corrected chi connectivity index (χ4v) is 5.00. The summed E-state index contributed by atoms with van der Waals surface area (Å²) in [7, 11) is 0. The Morgan fingerprint density at radius 3 is 2.70 bits per heavy atom. The van der Waals surface area contributed by atoms with Crippen LogP contribution in [0.15, 0.2) is 24.3 Å². The molecule has 1 aliphatic heterocycles. The molecule has 6 heteroatoms. The lowest BCUT2D eigenvalue weighted by molar-refractivity contribution is -0.131. The van der Waals surface area contributed by atoms with Gasteiger partial charge in [-0.05, 0) is 30.4 Å². The third-order valence-corrected chi connectivity index (χ3v) is 6.63. The lowest BCUT2D eigenvalue weighted by Crippen LogP contribution is -2.36. The summed E-state index contributed by atoms with van der Waals surface area (Å²) in [6.45, 7) is 1.39. The number of aromatic hydroxyl groups is 1. The van der Waals surface area contributed by atoms with Crippen molar-refractivity contribution in [2.45, 2.75) is 64.0 Å². The maximum Gasteiger partial charge on any atom is 0.228 e. The molecule has 0 spiro atoms. The lowest BCUT2D eigenvalue weighted by atomic mass is 10.00. The Bertz CT molecular complexity index is 796. The Balaban J connectivity index is 1.38. The van der Waals surface area contributed by atoms with E-state index in [-0.39, 0.29) is 18.2 Å². The van der Waals surface area contributed by atoms with E-state index in [1.54, 1.807) is 0 Å². The van der Waals surface area contributed by atoms with Gasteiger partial charge >= 0.3 is 0 Å². The van der Waals surface area contributed by atoms with Crippen LogP contribution in [0.1, 0.15) is 54.5 Å². The normalized spacial score (nSPS) is 18.0. The van der Waals surface area contributed by atoms with E-state index in [0.29, 0.717) is 17.5 Å². The van der Waals surface area contributed by atoms with Gasteiger partial charge in [0.1, 0.15) is 0 Å². The van der Waals surface area contributed by atoms with Crippen LogP contribution in [-0.4, -0.2) is 33.5 Å². The molecule has 0 unspecified atom stereocenters. The van der Waals surface area contributed by atoms with E-state index in [1.165, 1.54) is 48.1 Å². The number of rotatable bonds is 4. The summed E-state index contributed by atoms with van der Waals surface area (Å²) in [5, 5.41) is 14.4. The number of nitrogens with zero attached hydrogens (tertiary/aromatic N) is 2. The maximum absolute atomic E-state index is 12.7. The summed E-state index contributed by atoms with van der Waals surface area (Å²) in [5.74, 6) is 0.0614. The number of benzene rings is 1. The quantitative estimate of drug-likeness (QED) is 0.778. The van der Waals surface area contributed by atoms with Gasteiger partial charge in [-0.15, -0.1) is 0 Å². The van der Waals surface area contributed by atoms with Gasteiger partial charge in [-0.1, -0.05) is 61.3 Å². The van der Waals surface area contributed by atoms with Gasteiger partial charge in [0.15, 0.2) is 5.13 Å². The molecule has 1 aliphatic carbocycles. The molecule has 4 rings (SSSR count). The van der Waals surface area contributed by atoms with Crippen molar-refractivity contribution < 1.29 is 9.90 Å². The fraction of sp³-hybridized carbons (Fsp3) is 0.524. The largest absolute Gasteiger partial charge is 0.492 e. The van der Waals surface area contributed by atoms with E-state index >= 15 is 0 Å². The van der Waals surface area contributed by atoms with E-state index in [2.05, 4.69) is 28.5 Å². The summed E-state index contributed by atoms with van der Waals surface area (Å²) in [6, 6.07) is 8.73. The number of amides is 1. The average Bonchev–Trinajstić information content (AvgIpc) is 2.86. The monoisotopic (exact) mass is 385 g/mol. The summed E-state index contributed by atoms with van der Waals surface area (Å²) in [6.07, 6.45) is 8.53. The number of aromatic nitrogens is 1. The highest BCUT2D eigenvalue weighted by atomic mass is 32.1. The van der Waals surface area contributed by atoms with Crippen LogP contribution in [0.3, 0.4) is 0 Å². The van der Waals surface area contributed by atoms with E-state index in [0.717, 1.165) is 30.9 Å². The molecule has 27 heavy (non-hydrogen) atoms. The summed E-state index contributed by atoms with van der Waals surface area (Å²) in [4.78, 5) is 19.6. The molecule has 2 aromatic rings. The fourth-order valence-electron chi connectivity index (χ4n) is 4.08. The highest BCUT2D eigenvalue weighted by Crippen LogP contribution is 2.31. The van der Waals surface area contributed by atoms with Crippen LogP contribution >= 0.6 is 11.3 Å². The Kier molecular flexibility index (Phi) is 5.62. The van der Waals surface area contributed by atoms with Crippen molar-refractivity contribution in [3.63, 3.8) is 0 Å². The first kappa shape index (κ1) is 18.3. The zero-order chi connectivity index (χ0) is 18.6. The number of carbonyl (C=O) groups excluding carboxylic acids is 1. The van der Waals surface area contributed by atoms with Crippen molar-refractivity contribution >= 4 is 22.4 Å².